The molecule has 1 aromatic rings. The smallest absolute Gasteiger partial charge is 0.339 e. The topological polar surface area (TPSA) is 71.1 Å². The summed E-state index contributed by atoms with van der Waals surface area (Å²) in [5, 5.41) is 0. The molecule has 0 bridgehead atoms. The van der Waals surface area contributed by atoms with Crippen LogP contribution in [0.5, 0.6) is 0 Å². The highest BCUT2D eigenvalue weighted by Crippen LogP contribution is 2.27. The minimum atomic E-state index is -1.16. The molecule has 0 spiro atoms. The summed E-state index contributed by atoms with van der Waals surface area (Å²) < 4.78 is 21.8. The number of benzene rings is 1. The maximum absolute atomic E-state index is 12.3. The van der Waals surface area contributed by atoms with Crippen molar-refractivity contribution in [3.63, 3.8) is 0 Å². The second-order valence-electron chi connectivity index (χ2n) is 6.72. The van der Waals surface area contributed by atoms with Gasteiger partial charge in [-0.2, -0.15) is 0 Å². The van der Waals surface area contributed by atoms with Gasteiger partial charge in [0.1, 0.15) is 0 Å². The van der Waals surface area contributed by atoms with Gasteiger partial charge in [0.15, 0.2) is 18.5 Å². The fourth-order valence-corrected chi connectivity index (χ4v) is 2.49. The maximum Gasteiger partial charge on any atom is 0.339 e. The Morgan fingerprint density at radius 2 is 1.38 bits per heavy atom. The summed E-state index contributed by atoms with van der Waals surface area (Å²) in [4.78, 5) is 24.7. The van der Waals surface area contributed by atoms with Gasteiger partial charge in [0.25, 0.3) is 0 Å². The first kappa shape index (κ1) is 20.1. The maximum atomic E-state index is 12.3. The lowest BCUT2D eigenvalue weighted by Gasteiger charge is -2.17. The van der Waals surface area contributed by atoms with Crippen LogP contribution in [-0.4, -0.2) is 42.6 Å². The van der Waals surface area contributed by atoms with Crippen LogP contribution in [0.2, 0.25) is 0 Å². The molecule has 6 heteroatoms. The van der Waals surface area contributed by atoms with Crippen molar-refractivity contribution in [3.05, 3.63) is 41.5 Å². The number of ether oxygens (including phenoxy) is 4. The van der Waals surface area contributed by atoms with Crippen molar-refractivity contribution in [3.8, 4) is 0 Å². The molecule has 0 aliphatic carbocycles. The third-order valence-corrected chi connectivity index (χ3v) is 3.55. The zero-order valence-electron chi connectivity index (χ0n) is 15.8. The molecule has 26 heavy (non-hydrogen) atoms. The fraction of sp³-hybridized carbons (Fsp3) is 0.500. The second-order valence-corrected chi connectivity index (χ2v) is 6.72. The highest BCUT2D eigenvalue weighted by molar-refractivity contribution is 5.86. The Morgan fingerprint density at radius 3 is 1.81 bits per heavy atom. The van der Waals surface area contributed by atoms with Gasteiger partial charge in [0, 0.05) is 0 Å². The van der Waals surface area contributed by atoms with E-state index in [9.17, 15) is 9.59 Å². The lowest BCUT2D eigenvalue weighted by atomic mass is 10.1. The van der Waals surface area contributed by atoms with Crippen LogP contribution in [0, 0.1) is 0 Å². The molecule has 1 heterocycles. The molecule has 0 aromatic heterocycles. The third-order valence-electron chi connectivity index (χ3n) is 3.55. The molecule has 2 atom stereocenters. The molecule has 0 N–H and O–H groups in total. The average Bonchev–Trinajstić information content (AvgIpc) is 3.00. The number of carbonyl (C=O) groups excluding carboxylic acids is 2. The van der Waals surface area contributed by atoms with Crippen LogP contribution < -0.4 is 0 Å². The number of esters is 2. The van der Waals surface area contributed by atoms with E-state index in [-0.39, 0.29) is 12.2 Å². The number of rotatable bonds is 6. The summed E-state index contributed by atoms with van der Waals surface area (Å²) in [6.45, 7) is 8.74. The number of hydrogen-bond acceptors (Lipinski definition) is 6. The summed E-state index contributed by atoms with van der Waals surface area (Å²) in [7, 11) is 0. The van der Waals surface area contributed by atoms with Gasteiger partial charge < -0.3 is 18.9 Å². The highest BCUT2D eigenvalue weighted by Gasteiger charge is 2.48. The Labute approximate surface area is 154 Å². The van der Waals surface area contributed by atoms with Crippen molar-refractivity contribution < 1.29 is 28.5 Å². The van der Waals surface area contributed by atoms with Gasteiger partial charge in [-0.05, 0) is 45.8 Å². The van der Waals surface area contributed by atoms with Gasteiger partial charge in [-0.3, -0.25) is 0 Å². The quantitative estimate of drug-likeness (QED) is 0.724. The van der Waals surface area contributed by atoms with Crippen LogP contribution in [0.1, 0.15) is 40.2 Å². The van der Waals surface area contributed by atoms with E-state index < -0.39 is 30.4 Å². The molecule has 2 rings (SSSR count). The highest BCUT2D eigenvalue weighted by atomic mass is 16.8. The van der Waals surface area contributed by atoms with Crippen LogP contribution in [0.25, 0.3) is 6.08 Å². The van der Waals surface area contributed by atoms with E-state index in [1.165, 1.54) is 0 Å². The summed E-state index contributed by atoms with van der Waals surface area (Å²) in [5.41, 5.74) is 1.70. The van der Waals surface area contributed by atoms with Crippen LogP contribution in [0.4, 0.5) is 0 Å². The van der Waals surface area contributed by atoms with E-state index in [1.54, 1.807) is 27.7 Å². The SMILES string of the molecule is C/C(=C\c1ccccc1)C1O[C@@H](C(=O)OC(C)C)[C@H](C(=O)OC(C)C)O1. The van der Waals surface area contributed by atoms with Gasteiger partial charge in [-0.15, -0.1) is 0 Å². The van der Waals surface area contributed by atoms with Crippen molar-refractivity contribution in [2.75, 3.05) is 0 Å². The average molecular weight is 362 g/mol. The van der Waals surface area contributed by atoms with Crippen LogP contribution in [0.3, 0.4) is 0 Å². The van der Waals surface area contributed by atoms with Crippen LogP contribution in [-0.2, 0) is 28.5 Å². The predicted octanol–water partition coefficient (Wildman–Crippen LogP) is 3.10. The molecule has 1 aliphatic rings. The van der Waals surface area contributed by atoms with Gasteiger partial charge >= 0.3 is 11.9 Å². The number of carbonyl (C=O) groups is 2. The Kier molecular flexibility index (Phi) is 6.94. The van der Waals surface area contributed by atoms with Crippen molar-refractivity contribution in [1.29, 1.82) is 0 Å². The van der Waals surface area contributed by atoms with Gasteiger partial charge in [-0.25, -0.2) is 9.59 Å². The molecule has 0 saturated carbocycles. The molecule has 142 valence electrons. The van der Waals surface area contributed by atoms with Crippen molar-refractivity contribution in [2.24, 2.45) is 0 Å². The third kappa shape index (κ3) is 5.41. The van der Waals surface area contributed by atoms with Crippen LogP contribution >= 0.6 is 0 Å². The summed E-state index contributed by atoms with van der Waals surface area (Å²) in [6, 6.07) is 9.63. The van der Waals surface area contributed by atoms with Gasteiger partial charge in [-0.1, -0.05) is 36.4 Å². The standard InChI is InChI=1S/C20H26O6/c1-12(2)23-18(21)16-17(19(22)24-13(3)4)26-20(25-16)14(5)11-15-9-7-6-8-10-15/h6-13,16-17,20H,1-5H3/b14-11+/t16-,17-/m1/s1. The molecule has 0 amide bonds. The Balaban J connectivity index is 2.19. The van der Waals surface area contributed by atoms with E-state index >= 15 is 0 Å². The van der Waals surface area contributed by atoms with Gasteiger partial charge in [0.05, 0.1) is 12.2 Å². The zero-order valence-corrected chi connectivity index (χ0v) is 15.8. The first-order chi connectivity index (χ1) is 12.3. The zero-order chi connectivity index (χ0) is 19.3. The predicted molar refractivity (Wildman–Crippen MR) is 96.1 cm³/mol. The fourth-order valence-electron chi connectivity index (χ4n) is 2.49. The Morgan fingerprint density at radius 1 is 0.923 bits per heavy atom. The minimum Gasteiger partial charge on any atom is -0.461 e. The molecule has 1 aliphatic heterocycles. The van der Waals surface area contributed by atoms with E-state index in [1.807, 2.05) is 43.3 Å². The van der Waals surface area contributed by atoms with E-state index in [2.05, 4.69) is 0 Å². The van der Waals surface area contributed by atoms with Gasteiger partial charge in [0.2, 0.25) is 0 Å². The monoisotopic (exact) mass is 362 g/mol. The first-order valence-electron chi connectivity index (χ1n) is 8.73. The minimum absolute atomic E-state index is 0.326. The molecule has 1 saturated heterocycles. The lowest BCUT2D eigenvalue weighted by Crippen LogP contribution is -2.40. The van der Waals surface area contributed by atoms with E-state index in [0.29, 0.717) is 0 Å². The van der Waals surface area contributed by atoms with E-state index in [4.69, 9.17) is 18.9 Å². The van der Waals surface area contributed by atoms with E-state index in [0.717, 1.165) is 11.1 Å². The normalized spacial score (nSPS) is 21.3. The van der Waals surface area contributed by atoms with Crippen molar-refractivity contribution in [2.45, 2.75) is 65.3 Å². The molecule has 0 radical (unpaired) electrons. The lowest BCUT2D eigenvalue weighted by molar-refractivity contribution is -0.167. The summed E-state index contributed by atoms with van der Waals surface area (Å²) in [6.07, 6.45) is -1.92. The molecular formula is C20H26O6. The largest absolute Gasteiger partial charge is 0.461 e. The molecule has 0 unspecified atom stereocenters. The molecule has 6 nitrogen and oxygen atoms in total. The van der Waals surface area contributed by atoms with Crippen molar-refractivity contribution in [1.82, 2.24) is 0 Å². The Bertz CT molecular complexity index is 620. The summed E-state index contributed by atoms with van der Waals surface area (Å²) >= 11 is 0. The first-order valence-corrected chi connectivity index (χ1v) is 8.73. The Hall–Kier alpha value is -2.18. The van der Waals surface area contributed by atoms with Crippen molar-refractivity contribution >= 4 is 18.0 Å². The number of hydrogen-bond donors (Lipinski definition) is 0. The molecule has 1 fully saturated rings. The summed E-state index contributed by atoms with van der Waals surface area (Å²) in [5.74, 6) is -1.28. The molecule has 1 aromatic carbocycles. The van der Waals surface area contributed by atoms with Crippen LogP contribution in [0.15, 0.2) is 35.9 Å². The second kappa shape index (κ2) is 8.96. The molecular weight excluding hydrogens is 336 g/mol.